The lowest BCUT2D eigenvalue weighted by atomic mass is 10.1. The first-order valence-electron chi connectivity index (χ1n) is 6.83. The summed E-state index contributed by atoms with van der Waals surface area (Å²) in [5, 5.41) is 20.6. The van der Waals surface area contributed by atoms with E-state index in [1.54, 1.807) is 37.3 Å². The average Bonchev–Trinajstić information content (AvgIpc) is 3.22. The minimum absolute atomic E-state index is 0.129. The molecule has 1 amide bonds. The van der Waals surface area contributed by atoms with Gasteiger partial charge < -0.3 is 5.11 Å². The highest BCUT2D eigenvalue weighted by molar-refractivity contribution is 6.02. The number of carbonyl (C=O) groups is 1. The van der Waals surface area contributed by atoms with Gasteiger partial charge in [-0.25, -0.2) is 5.43 Å². The van der Waals surface area contributed by atoms with Gasteiger partial charge in [-0.05, 0) is 38.0 Å². The zero-order valence-electron chi connectivity index (χ0n) is 11.6. The Hall–Kier alpha value is -2.63. The number of hydrogen-bond donors (Lipinski definition) is 3. The third kappa shape index (κ3) is 2.94. The third-order valence-electron chi connectivity index (χ3n) is 3.47. The quantitative estimate of drug-likeness (QED) is 0.593. The first-order valence-corrected chi connectivity index (χ1v) is 6.83. The summed E-state index contributed by atoms with van der Waals surface area (Å²) in [6.07, 6.45) is 2.29. The number of hydrogen-bond acceptors (Lipinski definition) is 4. The van der Waals surface area contributed by atoms with Gasteiger partial charge >= 0.3 is 0 Å². The summed E-state index contributed by atoms with van der Waals surface area (Å²) in [5.74, 6) is 0.280. The van der Waals surface area contributed by atoms with Gasteiger partial charge in [0.2, 0.25) is 0 Å². The number of nitrogens with one attached hydrogen (secondary N) is 2. The van der Waals surface area contributed by atoms with E-state index in [0.717, 1.165) is 18.5 Å². The second-order valence-corrected chi connectivity index (χ2v) is 5.14. The lowest BCUT2D eigenvalue weighted by Crippen LogP contribution is -2.19. The van der Waals surface area contributed by atoms with Gasteiger partial charge in [0.15, 0.2) is 5.69 Å². The Balaban J connectivity index is 1.69. The number of phenolic OH excluding ortho intramolecular Hbond substituents is 1. The van der Waals surface area contributed by atoms with E-state index >= 15 is 0 Å². The standard InChI is InChI=1S/C15H16N4O2/c1-9(11-4-2-3-5-14(11)20)16-19-15(21)13-8-12(17-18-13)10-6-7-10/h2-5,8,10,20H,6-7H2,1H3,(H,17,18)(H,19,21)/b16-9+. The molecule has 2 aromatic rings. The van der Waals surface area contributed by atoms with Crippen molar-refractivity contribution < 1.29 is 9.90 Å². The molecule has 1 fully saturated rings. The number of aromatic hydroxyl groups is 1. The van der Waals surface area contributed by atoms with Gasteiger partial charge in [0.05, 0.1) is 5.71 Å². The van der Waals surface area contributed by atoms with E-state index in [-0.39, 0.29) is 11.7 Å². The number of para-hydroxylation sites is 1. The zero-order valence-corrected chi connectivity index (χ0v) is 11.6. The van der Waals surface area contributed by atoms with Crippen LogP contribution in [-0.4, -0.2) is 26.9 Å². The first kappa shape index (κ1) is 13.4. The fraction of sp³-hybridized carbons (Fsp3) is 0.267. The van der Waals surface area contributed by atoms with E-state index in [1.807, 2.05) is 0 Å². The lowest BCUT2D eigenvalue weighted by Gasteiger charge is -2.03. The maximum absolute atomic E-state index is 12.0. The molecule has 1 saturated carbocycles. The monoisotopic (exact) mass is 284 g/mol. The fourth-order valence-electron chi connectivity index (χ4n) is 2.09. The molecule has 6 heteroatoms. The molecule has 21 heavy (non-hydrogen) atoms. The summed E-state index contributed by atoms with van der Waals surface area (Å²) in [6.45, 7) is 1.72. The molecular formula is C15H16N4O2. The highest BCUT2D eigenvalue weighted by atomic mass is 16.3. The van der Waals surface area contributed by atoms with Crippen molar-refractivity contribution in [3.8, 4) is 5.75 Å². The largest absolute Gasteiger partial charge is 0.507 e. The van der Waals surface area contributed by atoms with Gasteiger partial charge in [-0.15, -0.1) is 0 Å². The van der Waals surface area contributed by atoms with Crippen LogP contribution in [0.1, 0.15) is 47.4 Å². The number of aromatic amines is 1. The predicted molar refractivity (Wildman–Crippen MR) is 78.3 cm³/mol. The molecule has 108 valence electrons. The Labute approximate surface area is 121 Å². The van der Waals surface area contributed by atoms with Crippen LogP contribution < -0.4 is 5.43 Å². The average molecular weight is 284 g/mol. The highest BCUT2D eigenvalue weighted by Crippen LogP contribution is 2.38. The minimum atomic E-state index is -0.368. The lowest BCUT2D eigenvalue weighted by molar-refractivity contribution is 0.0950. The van der Waals surface area contributed by atoms with Crippen molar-refractivity contribution in [1.29, 1.82) is 0 Å². The van der Waals surface area contributed by atoms with E-state index in [9.17, 15) is 9.90 Å². The second-order valence-electron chi connectivity index (χ2n) is 5.14. The fourth-order valence-corrected chi connectivity index (χ4v) is 2.09. The Morgan fingerprint density at radius 2 is 2.19 bits per heavy atom. The molecule has 3 N–H and O–H groups in total. The summed E-state index contributed by atoms with van der Waals surface area (Å²) in [5.41, 5.74) is 4.89. The topological polar surface area (TPSA) is 90.4 Å². The second kappa shape index (κ2) is 5.40. The number of amides is 1. The van der Waals surface area contributed by atoms with Crippen molar-refractivity contribution in [2.45, 2.75) is 25.7 Å². The van der Waals surface area contributed by atoms with Crippen molar-refractivity contribution in [3.05, 3.63) is 47.3 Å². The normalized spacial score (nSPS) is 15.0. The van der Waals surface area contributed by atoms with Crippen molar-refractivity contribution in [2.75, 3.05) is 0 Å². The molecule has 6 nitrogen and oxygen atoms in total. The predicted octanol–water partition coefficient (Wildman–Crippen LogP) is 2.15. The van der Waals surface area contributed by atoms with Gasteiger partial charge in [-0.2, -0.15) is 10.2 Å². The molecule has 0 radical (unpaired) electrons. The van der Waals surface area contributed by atoms with Crippen LogP contribution in [-0.2, 0) is 0 Å². The molecular weight excluding hydrogens is 268 g/mol. The Bertz CT molecular complexity index is 701. The van der Waals surface area contributed by atoms with Gasteiger partial charge in [0.1, 0.15) is 5.75 Å². The SMILES string of the molecule is C/C(=N\NC(=O)c1cc(C2CC2)[nH]n1)c1ccccc1O. The molecule has 1 aromatic heterocycles. The number of phenols is 1. The van der Waals surface area contributed by atoms with E-state index in [2.05, 4.69) is 20.7 Å². The Morgan fingerprint density at radius 3 is 2.90 bits per heavy atom. The number of nitrogens with zero attached hydrogens (tertiary/aromatic N) is 2. The van der Waals surface area contributed by atoms with Gasteiger partial charge in [-0.1, -0.05) is 12.1 Å². The van der Waals surface area contributed by atoms with Crippen LogP contribution in [0, 0.1) is 0 Å². The van der Waals surface area contributed by atoms with E-state index in [4.69, 9.17) is 0 Å². The number of benzene rings is 1. The van der Waals surface area contributed by atoms with Crippen LogP contribution in [0.4, 0.5) is 0 Å². The molecule has 1 aliphatic carbocycles. The van der Waals surface area contributed by atoms with Crippen molar-refractivity contribution in [3.63, 3.8) is 0 Å². The molecule has 1 heterocycles. The molecule has 0 bridgehead atoms. The molecule has 3 rings (SSSR count). The van der Waals surface area contributed by atoms with Crippen LogP contribution in [0.15, 0.2) is 35.4 Å². The Morgan fingerprint density at radius 1 is 1.43 bits per heavy atom. The minimum Gasteiger partial charge on any atom is -0.507 e. The van der Waals surface area contributed by atoms with Gasteiger partial charge in [0, 0.05) is 17.2 Å². The van der Waals surface area contributed by atoms with Crippen LogP contribution >= 0.6 is 0 Å². The summed E-state index contributed by atoms with van der Waals surface area (Å²) in [7, 11) is 0. The number of carbonyl (C=O) groups excluding carboxylic acids is 1. The van der Waals surface area contributed by atoms with Crippen LogP contribution in [0.25, 0.3) is 0 Å². The van der Waals surface area contributed by atoms with E-state index < -0.39 is 0 Å². The van der Waals surface area contributed by atoms with Crippen LogP contribution in [0.2, 0.25) is 0 Å². The number of rotatable bonds is 4. The summed E-state index contributed by atoms with van der Waals surface area (Å²) >= 11 is 0. The highest BCUT2D eigenvalue weighted by Gasteiger charge is 2.26. The van der Waals surface area contributed by atoms with E-state index in [0.29, 0.717) is 22.9 Å². The van der Waals surface area contributed by atoms with Crippen molar-refractivity contribution >= 4 is 11.6 Å². The molecule has 0 saturated heterocycles. The van der Waals surface area contributed by atoms with Gasteiger partial charge in [0.25, 0.3) is 5.91 Å². The van der Waals surface area contributed by atoms with Gasteiger partial charge in [-0.3, -0.25) is 9.89 Å². The summed E-state index contributed by atoms with van der Waals surface area (Å²) in [6, 6.07) is 8.60. The third-order valence-corrected chi connectivity index (χ3v) is 3.47. The molecule has 0 atom stereocenters. The molecule has 1 aliphatic rings. The number of H-pyrrole nitrogens is 1. The smallest absolute Gasteiger partial charge is 0.291 e. The maximum Gasteiger partial charge on any atom is 0.291 e. The zero-order chi connectivity index (χ0) is 14.8. The molecule has 1 aromatic carbocycles. The molecule has 0 unspecified atom stereocenters. The summed E-state index contributed by atoms with van der Waals surface area (Å²) < 4.78 is 0. The number of aromatic nitrogens is 2. The van der Waals surface area contributed by atoms with Crippen molar-refractivity contribution in [2.24, 2.45) is 5.10 Å². The summed E-state index contributed by atoms with van der Waals surface area (Å²) in [4.78, 5) is 12.0. The Kier molecular flexibility index (Phi) is 3.43. The van der Waals surface area contributed by atoms with E-state index in [1.165, 1.54) is 0 Å². The first-order chi connectivity index (χ1) is 10.1. The molecule has 0 aliphatic heterocycles. The van der Waals surface area contributed by atoms with Crippen LogP contribution in [0.5, 0.6) is 5.75 Å². The van der Waals surface area contributed by atoms with Crippen molar-refractivity contribution in [1.82, 2.24) is 15.6 Å². The molecule has 0 spiro atoms. The van der Waals surface area contributed by atoms with Crippen LogP contribution in [0.3, 0.4) is 0 Å². The number of hydrazone groups is 1. The maximum atomic E-state index is 12.0.